The van der Waals surface area contributed by atoms with Gasteiger partial charge in [0, 0.05) is 29.7 Å². The Labute approximate surface area is 168 Å². The van der Waals surface area contributed by atoms with E-state index in [1.807, 2.05) is 85.4 Å². The number of nitrogens with zero attached hydrogens (tertiary/aromatic N) is 4. The molecule has 5 heteroatoms. The average Bonchev–Trinajstić information content (AvgIpc) is 3.31. The van der Waals surface area contributed by atoms with Gasteiger partial charge in [-0.05, 0) is 30.7 Å². The Morgan fingerprint density at radius 3 is 2.31 bits per heavy atom. The zero-order valence-corrected chi connectivity index (χ0v) is 16.4. The van der Waals surface area contributed by atoms with Crippen molar-refractivity contribution in [1.29, 1.82) is 0 Å². The van der Waals surface area contributed by atoms with Gasteiger partial charge in [-0.25, -0.2) is 4.68 Å². The number of aliphatic hydroxyl groups is 1. The van der Waals surface area contributed by atoms with Crippen molar-refractivity contribution in [2.24, 2.45) is 7.05 Å². The summed E-state index contributed by atoms with van der Waals surface area (Å²) in [6.07, 6.45) is 2.09. The topological polar surface area (TPSA) is 55.9 Å². The third-order valence-electron chi connectivity index (χ3n) is 5.73. The van der Waals surface area contributed by atoms with Crippen molar-refractivity contribution in [2.75, 3.05) is 0 Å². The molecule has 0 aliphatic carbocycles. The Morgan fingerprint density at radius 2 is 1.52 bits per heavy atom. The highest BCUT2D eigenvalue weighted by Gasteiger charge is 2.39. The highest BCUT2D eigenvalue weighted by molar-refractivity contribution is 5.85. The van der Waals surface area contributed by atoms with E-state index in [0.29, 0.717) is 0 Å². The van der Waals surface area contributed by atoms with E-state index < -0.39 is 11.6 Å². The van der Waals surface area contributed by atoms with E-state index in [9.17, 15) is 5.11 Å². The van der Waals surface area contributed by atoms with Crippen molar-refractivity contribution in [3.63, 3.8) is 0 Å². The van der Waals surface area contributed by atoms with Crippen LogP contribution in [0.15, 0.2) is 85.1 Å². The summed E-state index contributed by atoms with van der Waals surface area (Å²) >= 11 is 0. The van der Waals surface area contributed by atoms with E-state index in [2.05, 4.69) is 33.2 Å². The van der Waals surface area contributed by atoms with Gasteiger partial charge in [0.1, 0.15) is 17.2 Å². The molecule has 2 heterocycles. The van der Waals surface area contributed by atoms with Gasteiger partial charge in [0.25, 0.3) is 0 Å². The standard InChI is InChI=1S/C24H22N4O/c1-24(29,17-10-4-3-5-11-17)23(28-22-15-9-7-13-20(22)25-26-28)19-16-27(2)21-14-8-6-12-18(19)21/h3-16,23,29H,1-2H3. The van der Waals surface area contributed by atoms with Gasteiger partial charge in [-0.3, -0.25) is 0 Å². The van der Waals surface area contributed by atoms with Crippen LogP contribution in [0.25, 0.3) is 21.9 Å². The first-order valence-corrected chi connectivity index (χ1v) is 9.69. The van der Waals surface area contributed by atoms with Crippen molar-refractivity contribution in [1.82, 2.24) is 19.6 Å². The second kappa shape index (κ2) is 6.57. The fraction of sp³-hybridized carbons (Fsp3) is 0.167. The summed E-state index contributed by atoms with van der Waals surface area (Å²) in [6, 6.07) is 25.4. The van der Waals surface area contributed by atoms with Gasteiger partial charge in [-0.2, -0.15) is 0 Å². The normalized spacial score (nSPS) is 14.9. The van der Waals surface area contributed by atoms with Crippen molar-refractivity contribution in [2.45, 2.75) is 18.6 Å². The van der Waals surface area contributed by atoms with E-state index in [4.69, 9.17) is 0 Å². The van der Waals surface area contributed by atoms with E-state index in [0.717, 1.165) is 33.1 Å². The molecule has 3 aromatic carbocycles. The number of aromatic nitrogens is 4. The van der Waals surface area contributed by atoms with Gasteiger partial charge in [-0.1, -0.05) is 65.9 Å². The predicted octanol–water partition coefficient (Wildman–Crippen LogP) is 4.42. The van der Waals surface area contributed by atoms with Gasteiger partial charge < -0.3 is 9.67 Å². The molecule has 0 fully saturated rings. The summed E-state index contributed by atoms with van der Waals surface area (Å²) in [5.74, 6) is 0. The molecule has 0 bridgehead atoms. The highest BCUT2D eigenvalue weighted by atomic mass is 16.3. The van der Waals surface area contributed by atoms with E-state index >= 15 is 0 Å². The molecule has 29 heavy (non-hydrogen) atoms. The number of benzene rings is 3. The highest BCUT2D eigenvalue weighted by Crippen LogP contribution is 2.42. The second-order valence-electron chi connectivity index (χ2n) is 7.65. The quantitative estimate of drug-likeness (QED) is 0.501. The SMILES string of the molecule is Cn1cc(C(n2nnc3ccccc32)C(C)(O)c2ccccc2)c2ccccc21. The molecule has 1 N–H and O–H groups in total. The van der Waals surface area contributed by atoms with Crippen molar-refractivity contribution in [3.05, 3.63) is 96.2 Å². The molecule has 0 aliphatic rings. The van der Waals surface area contributed by atoms with Crippen LogP contribution in [-0.4, -0.2) is 24.7 Å². The Bertz CT molecular complexity index is 1300. The molecule has 5 aromatic rings. The number of para-hydroxylation sites is 2. The summed E-state index contributed by atoms with van der Waals surface area (Å²) in [7, 11) is 2.03. The first-order chi connectivity index (χ1) is 14.1. The monoisotopic (exact) mass is 382 g/mol. The maximum atomic E-state index is 11.9. The maximum Gasteiger partial charge on any atom is 0.114 e. The summed E-state index contributed by atoms with van der Waals surface area (Å²) < 4.78 is 3.95. The Hall–Kier alpha value is -3.44. The van der Waals surface area contributed by atoms with Crippen molar-refractivity contribution in [3.8, 4) is 0 Å². The molecule has 2 unspecified atom stereocenters. The van der Waals surface area contributed by atoms with E-state index in [-0.39, 0.29) is 0 Å². The Kier molecular flexibility index (Phi) is 4.00. The fourth-order valence-electron chi connectivity index (χ4n) is 4.27. The minimum absolute atomic E-state index is 0.455. The van der Waals surface area contributed by atoms with Gasteiger partial charge in [0.2, 0.25) is 0 Å². The molecule has 2 aromatic heterocycles. The molecule has 144 valence electrons. The van der Waals surface area contributed by atoms with Crippen LogP contribution >= 0.6 is 0 Å². The minimum atomic E-state index is -1.21. The molecule has 0 amide bonds. The predicted molar refractivity (Wildman–Crippen MR) is 115 cm³/mol. The number of hydrogen-bond donors (Lipinski definition) is 1. The van der Waals surface area contributed by atoms with Crippen molar-refractivity contribution >= 4 is 21.9 Å². The zero-order chi connectivity index (χ0) is 20.0. The molecule has 0 aliphatic heterocycles. The molecule has 0 saturated carbocycles. The summed E-state index contributed by atoms with van der Waals surface area (Å²) in [4.78, 5) is 0. The number of aryl methyl sites for hydroxylation is 1. The van der Waals surface area contributed by atoms with Crippen LogP contribution < -0.4 is 0 Å². The lowest BCUT2D eigenvalue weighted by Crippen LogP contribution is -2.35. The third kappa shape index (κ3) is 2.74. The van der Waals surface area contributed by atoms with Crippen LogP contribution in [-0.2, 0) is 12.6 Å². The first kappa shape index (κ1) is 17.6. The van der Waals surface area contributed by atoms with Crippen LogP contribution in [0.1, 0.15) is 24.1 Å². The zero-order valence-electron chi connectivity index (χ0n) is 16.4. The minimum Gasteiger partial charge on any atom is -0.383 e. The Morgan fingerprint density at radius 1 is 0.862 bits per heavy atom. The first-order valence-electron chi connectivity index (χ1n) is 9.69. The average molecular weight is 382 g/mol. The van der Waals surface area contributed by atoms with Crippen molar-refractivity contribution < 1.29 is 5.11 Å². The largest absolute Gasteiger partial charge is 0.383 e. The fourth-order valence-corrected chi connectivity index (χ4v) is 4.27. The maximum absolute atomic E-state index is 11.9. The van der Waals surface area contributed by atoms with E-state index in [1.54, 1.807) is 0 Å². The molecular formula is C24H22N4O. The second-order valence-corrected chi connectivity index (χ2v) is 7.65. The molecule has 5 nitrogen and oxygen atoms in total. The van der Waals surface area contributed by atoms with Crippen LogP contribution in [0.5, 0.6) is 0 Å². The van der Waals surface area contributed by atoms with Gasteiger partial charge >= 0.3 is 0 Å². The molecule has 5 rings (SSSR count). The lowest BCUT2D eigenvalue weighted by molar-refractivity contribution is 0.0129. The number of hydrogen-bond acceptors (Lipinski definition) is 3. The Balaban J connectivity index is 1.82. The molecule has 0 saturated heterocycles. The smallest absolute Gasteiger partial charge is 0.114 e. The number of rotatable bonds is 4. The van der Waals surface area contributed by atoms with Gasteiger partial charge in [0.15, 0.2) is 0 Å². The van der Waals surface area contributed by atoms with Crippen LogP contribution in [0.2, 0.25) is 0 Å². The summed E-state index contributed by atoms with van der Waals surface area (Å²) in [5, 5.41) is 21.8. The van der Waals surface area contributed by atoms with Crippen LogP contribution in [0, 0.1) is 0 Å². The molecule has 0 radical (unpaired) electrons. The number of fused-ring (bicyclic) bond motifs is 2. The molecule has 0 spiro atoms. The van der Waals surface area contributed by atoms with Crippen LogP contribution in [0.3, 0.4) is 0 Å². The molecule has 2 atom stereocenters. The summed E-state index contributed by atoms with van der Waals surface area (Å²) in [5.41, 5.74) is 3.44. The lowest BCUT2D eigenvalue weighted by atomic mass is 9.84. The van der Waals surface area contributed by atoms with Crippen LogP contribution in [0.4, 0.5) is 0 Å². The lowest BCUT2D eigenvalue weighted by Gasteiger charge is -2.33. The summed E-state index contributed by atoms with van der Waals surface area (Å²) in [6.45, 7) is 1.85. The van der Waals surface area contributed by atoms with Gasteiger partial charge in [0.05, 0.1) is 5.52 Å². The van der Waals surface area contributed by atoms with Gasteiger partial charge in [-0.15, -0.1) is 5.10 Å². The third-order valence-corrected chi connectivity index (χ3v) is 5.73. The molecular weight excluding hydrogens is 360 g/mol. The van der Waals surface area contributed by atoms with E-state index in [1.165, 1.54) is 0 Å².